The molecule has 0 radical (unpaired) electrons. The quantitative estimate of drug-likeness (QED) is 0.882. The number of halogens is 1. The maximum Gasteiger partial charge on any atom is 0.317 e. The number of ketones is 1. The number of benzene rings is 2. The number of urea groups is 1. The summed E-state index contributed by atoms with van der Waals surface area (Å²) in [5, 5.41) is 2.93. The van der Waals surface area contributed by atoms with Crippen LogP contribution in [0.4, 0.5) is 9.18 Å². The maximum absolute atomic E-state index is 13.4. The molecule has 4 rings (SSSR count). The highest BCUT2D eigenvalue weighted by Crippen LogP contribution is 2.39. The Morgan fingerprint density at radius 1 is 1.15 bits per heavy atom. The molecule has 0 saturated carbocycles. The van der Waals surface area contributed by atoms with Crippen LogP contribution in [0.5, 0.6) is 5.75 Å². The number of likely N-dealkylation sites (tertiary alicyclic amines) is 1. The van der Waals surface area contributed by atoms with Crippen molar-refractivity contribution in [3.63, 3.8) is 0 Å². The normalized spacial score (nSPS) is 18.0. The topological polar surface area (TPSA) is 58.6 Å². The largest absolute Gasteiger partial charge is 0.486 e. The van der Waals surface area contributed by atoms with Crippen molar-refractivity contribution in [3.05, 3.63) is 65.5 Å². The summed E-state index contributed by atoms with van der Waals surface area (Å²) in [6, 6.07) is 13.7. The van der Waals surface area contributed by atoms with Gasteiger partial charge in [-0.05, 0) is 23.8 Å². The van der Waals surface area contributed by atoms with Crippen LogP contribution in [-0.4, -0.2) is 35.4 Å². The van der Waals surface area contributed by atoms with Gasteiger partial charge >= 0.3 is 6.03 Å². The van der Waals surface area contributed by atoms with E-state index in [1.807, 2.05) is 30.3 Å². The number of fused-ring (bicyclic) bond motifs is 1. The lowest BCUT2D eigenvalue weighted by molar-refractivity contribution is -0.000805. The Bertz CT molecular complexity index is 861. The van der Waals surface area contributed by atoms with E-state index >= 15 is 0 Å². The van der Waals surface area contributed by atoms with Crippen LogP contribution in [0, 0.1) is 5.82 Å². The number of nitrogens with one attached hydrogen (secondary N) is 1. The first-order chi connectivity index (χ1) is 13.0. The predicted octanol–water partition coefficient (Wildman–Crippen LogP) is 3.54. The van der Waals surface area contributed by atoms with Gasteiger partial charge in [0.1, 0.15) is 17.2 Å². The molecule has 2 aliphatic rings. The number of carbonyl (C=O) groups is 2. The van der Waals surface area contributed by atoms with Gasteiger partial charge < -0.3 is 15.0 Å². The van der Waals surface area contributed by atoms with Gasteiger partial charge in [0, 0.05) is 32.5 Å². The fourth-order valence-electron chi connectivity index (χ4n) is 3.75. The van der Waals surface area contributed by atoms with E-state index in [4.69, 9.17) is 4.74 Å². The molecule has 0 bridgehead atoms. The number of ether oxygens (including phenoxy) is 1. The standard InChI is InChI=1S/C21H21FN2O3/c22-16-6-7-19-17(12-16)18(25)13-21(27-19)8-10-24(11-9-21)20(26)23-14-15-4-2-1-3-5-15/h1-7,12H,8-11,13-14H2,(H,23,26). The molecule has 140 valence electrons. The van der Waals surface area contributed by atoms with Crippen molar-refractivity contribution in [2.24, 2.45) is 0 Å². The number of piperidine rings is 1. The van der Waals surface area contributed by atoms with Gasteiger partial charge in [-0.2, -0.15) is 0 Å². The minimum absolute atomic E-state index is 0.0993. The summed E-state index contributed by atoms with van der Waals surface area (Å²) in [7, 11) is 0. The number of carbonyl (C=O) groups excluding carboxylic acids is 2. The van der Waals surface area contributed by atoms with Crippen LogP contribution in [0.3, 0.4) is 0 Å². The Morgan fingerprint density at radius 3 is 2.63 bits per heavy atom. The predicted molar refractivity (Wildman–Crippen MR) is 98.2 cm³/mol. The lowest BCUT2D eigenvalue weighted by Gasteiger charge is -2.43. The van der Waals surface area contributed by atoms with Gasteiger partial charge in [0.25, 0.3) is 0 Å². The van der Waals surface area contributed by atoms with Gasteiger partial charge in [-0.15, -0.1) is 0 Å². The highest BCUT2D eigenvalue weighted by molar-refractivity contribution is 6.00. The first kappa shape index (κ1) is 17.5. The monoisotopic (exact) mass is 368 g/mol. The Hall–Kier alpha value is -2.89. The zero-order valence-electron chi connectivity index (χ0n) is 14.9. The average Bonchev–Trinajstić information content (AvgIpc) is 2.68. The minimum Gasteiger partial charge on any atom is -0.486 e. The van der Waals surface area contributed by atoms with Crippen LogP contribution in [0.1, 0.15) is 35.2 Å². The Balaban J connectivity index is 1.36. The summed E-state index contributed by atoms with van der Waals surface area (Å²) in [5.41, 5.74) is 0.756. The van der Waals surface area contributed by atoms with E-state index in [2.05, 4.69) is 5.32 Å². The molecule has 2 heterocycles. The van der Waals surface area contributed by atoms with E-state index in [1.165, 1.54) is 18.2 Å². The summed E-state index contributed by atoms with van der Waals surface area (Å²) < 4.78 is 19.5. The fourth-order valence-corrected chi connectivity index (χ4v) is 3.75. The second-order valence-corrected chi connectivity index (χ2v) is 7.16. The molecule has 0 atom stereocenters. The van der Waals surface area contributed by atoms with Crippen LogP contribution in [-0.2, 0) is 6.54 Å². The van der Waals surface area contributed by atoms with Gasteiger partial charge in [0.15, 0.2) is 5.78 Å². The first-order valence-electron chi connectivity index (χ1n) is 9.13. The molecule has 2 aromatic carbocycles. The van der Waals surface area contributed by atoms with Crippen molar-refractivity contribution < 1.29 is 18.7 Å². The zero-order valence-corrected chi connectivity index (χ0v) is 14.9. The third kappa shape index (κ3) is 3.65. The molecule has 0 unspecified atom stereocenters. The van der Waals surface area contributed by atoms with E-state index in [0.29, 0.717) is 43.8 Å². The van der Waals surface area contributed by atoms with Crippen molar-refractivity contribution >= 4 is 11.8 Å². The van der Waals surface area contributed by atoms with Crippen LogP contribution < -0.4 is 10.1 Å². The van der Waals surface area contributed by atoms with Crippen molar-refractivity contribution in [1.29, 1.82) is 0 Å². The summed E-state index contributed by atoms with van der Waals surface area (Å²) in [4.78, 5) is 26.6. The summed E-state index contributed by atoms with van der Waals surface area (Å²) in [6.07, 6.45) is 1.38. The summed E-state index contributed by atoms with van der Waals surface area (Å²) in [5.74, 6) is -0.0982. The Morgan fingerprint density at radius 2 is 1.89 bits per heavy atom. The smallest absolute Gasteiger partial charge is 0.317 e. The number of Topliss-reactive ketones (excluding diaryl/α,β-unsaturated/α-hetero) is 1. The number of hydrogen-bond acceptors (Lipinski definition) is 3. The molecule has 0 aromatic heterocycles. The number of nitrogens with zero attached hydrogens (tertiary/aromatic N) is 1. The van der Waals surface area contributed by atoms with Crippen molar-refractivity contribution in [3.8, 4) is 5.75 Å². The van der Waals surface area contributed by atoms with Crippen molar-refractivity contribution in [1.82, 2.24) is 10.2 Å². The highest BCUT2D eigenvalue weighted by atomic mass is 19.1. The molecule has 1 N–H and O–H groups in total. The molecule has 5 nitrogen and oxygen atoms in total. The maximum atomic E-state index is 13.4. The molecule has 27 heavy (non-hydrogen) atoms. The Labute approximate surface area is 157 Å². The molecule has 0 aliphatic carbocycles. The molecule has 1 saturated heterocycles. The van der Waals surface area contributed by atoms with Gasteiger partial charge in [0.05, 0.1) is 12.0 Å². The third-order valence-corrected chi connectivity index (χ3v) is 5.30. The van der Waals surface area contributed by atoms with Gasteiger partial charge in [-0.1, -0.05) is 30.3 Å². The summed E-state index contributed by atoms with van der Waals surface area (Å²) >= 11 is 0. The van der Waals surface area contributed by atoms with Crippen LogP contribution >= 0.6 is 0 Å². The SMILES string of the molecule is O=C1CC2(CCN(C(=O)NCc3ccccc3)CC2)Oc2ccc(F)cc21. The first-order valence-corrected chi connectivity index (χ1v) is 9.13. The van der Waals surface area contributed by atoms with Crippen LogP contribution in [0.15, 0.2) is 48.5 Å². The van der Waals surface area contributed by atoms with Gasteiger partial charge in [-0.3, -0.25) is 4.79 Å². The van der Waals surface area contributed by atoms with E-state index < -0.39 is 11.4 Å². The van der Waals surface area contributed by atoms with E-state index in [0.717, 1.165) is 5.56 Å². The molecule has 6 heteroatoms. The van der Waals surface area contributed by atoms with Crippen LogP contribution in [0.25, 0.3) is 0 Å². The van der Waals surface area contributed by atoms with Crippen molar-refractivity contribution in [2.75, 3.05) is 13.1 Å². The van der Waals surface area contributed by atoms with E-state index in [1.54, 1.807) is 4.90 Å². The summed E-state index contributed by atoms with van der Waals surface area (Å²) in [6.45, 7) is 1.52. The van der Waals surface area contributed by atoms with Gasteiger partial charge in [-0.25, -0.2) is 9.18 Å². The third-order valence-electron chi connectivity index (χ3n) is 5.30. The number of amides is 2. The molecule has 2 amide bonds. The fraction of sp³-hybridized carbons (Fsp3) is 0.333. The van der Waals surface area contributed by atoms with Crippen molar-refractivity contribution in [2.45, 2.75) is 31.4 Å². The molecular weight excluding hydrogens is 347 g/mol. The molecule has 2 aliphatic heterocycles. The molecule has 2 aromatic rings. The lowest BCUT2D eigenvalue weighted by atomic mass is 9.82. The Kier molecular flexibility index (Phi) is 4.56. The van der Waals surface area contributed by atoms with Crippen LogP contribution in [0.2, 0.25) is 0 Å². The number of rotatable bonds is 2. The van der Waals surface area contributed by atoms with Gasteiger partial charge in [0.2, 0.25) is 0 Å². The van der Waals surface area contributed by atoms with E-state index in [-0.39, 0.29) is 18.2 Å². The van der Waals surface area contributed by atoms with E-state index in [9.17, 15) is 14.0 Å². The zero-order chi connectivity index (χ0) is 18.9. The minimum atomic E-state index is -0.599. The molecular formula is C21H21FN2O3. The molecule has 1 spiro atoms. The number of hydrogen-bond donors (Lipinski definition) is 1. The molecule has 1 fully saturated rings. The second kappa shape index (κ2) is 7.02. The highest BCUT2D eigenvalue weighted by Gasteiger charge is 2.43. The lowest BCUT2D eigenvalue weighted by Crippen LogP contribution is -2.54. The second-order valence-electron chi connectivity index (χ2n) is 7.16. The average molecular weight is 368 g/mol.